The molecular formula is C18H25N5S. The Balaban J connectivity index is 1.27. The number of piperazine rings is 1. The summed E-state index contributed by atoms with van der Waals surface area (Å²) in [5.41, 5.74) is 2.62. The fourth-order valence-electron chi connectivity index (χ4n) is 3.22. The third-order valence-corrected chi connectivity index (χ3v) is 5.65. The van der Waals surface area contributed by atoms with E-state index >= 15 is 0 Å². The van der Waals surface area contributed by atoms with Crippen LogP contribution in [0.25, 0.3) is 0 Å². The standard InChI is InChI=1S/C18H25N5S/c1-14-20-21-18(24-14)19-12-15-4-6-17(7-5-15)23-10-8-22(9-11-23)13-16-2-3-16/h4-7,16H,2-3,8-13H2,1H3,(H,19,21). The molecule has 2 aromatic rings. The number of benzene rings is 1. The molecule has 5 nitrogen and oxygen atoms in total. The van der Waals surface area contributed by atoms with Crippen molar-refractivity contribution >= 4 is 22.2 Å². The predicted molar refractivity (Wildman–Crippen MR) is 99.8 cm³/mol. The van der Waals surface area contributed by atoms with Gasteiger partial charge in [-0.15, -0.1) is 10.2 Å². The maximum Gasteiger partial charge on any atom is 0.205 e. The normalized spacial score (nSPS) is 18.8. The number of hydrogen-bond acceptors (Lipinski definition) is 6. The van der Waals surface area contributed by atoms with E-state index in [2.05, 4.69) is 49.6 Å². The lowest BCUT2D eigenvalue weighted by Crippen LogP contribution is -2.47. The Kier molecular flexibility index (Phi) is 4.67. The number of nitrogens with zero attached hydrogens (tertiary/aromatic N) is 4. The van der Waals surface area contributed by atoms with Gasteiger partial charge in [0.05, 0.1) is 0 Å². The van der Waals surface area contributed by atoms with Crippen molar-refractivity contribution in [2.24, 2.45) is 5.92 Å². The fourth-order valence-corrected chi connectivity index (χ4v) is 3.81. The molecule has 0 spiro atoms. The molecule has 2 aliphatic rings. The SMILES string of the molecule is Cc1nnc(NCc2ccc(N3CCN(CC4CC4)CC3)cc2)s1. The molecule has 2 heterocycles. The number of anilines is 2. The lowest BCUT2D eigenvalue weighted by Gasteiger charge is -2.36. The van der Waals surface area contributed by atoms with Crippen molar-refractivity contribution < 1.29 is 0 Å². The first-order valence-electron chi connectivity index (χ1n) is 8.86. The van der Waals surface area contributed by atoms with Crippen LogP contribution in [-0.4, -0.2) is 47.8 Å². The predicted octanol–water partition coefficient (Wildman–Crippen LogP) is 2.99. The van der Waals surface area contributed by atoms with Crippen LogP contribution in [0.4, 0.5) is 10.8 Å². The van der Waals surface area contributed by atoms with E-state index in [1.165, 1.54) is 43.7 Å². The largest absolute Gasteiger partial charge is 0.369 e. The van der Waals surface area contributed by atoms with Gasteiger partial charge in [-0.3, -0.25) is 4.90 Å². The summed E-state index contributed by atoms with van der Waals surface area (Å²) in [6, 6.07) is 8.93. The first-order chi connectivity index (χ1) is 11.8. The molecular weight excluding hydrogens is 318 g/mol. The van der Waals surface area contributed by atoms with E-state index in [1.807, 2.05) is 6.92 Å². The van der Waals surface area contributed by atoms with Crippen LogP contribution in [0.5, 0.6) is 0 Å². The number of aryl methyl sites for hydroxylation is 1. The topological polar surface area (TPSA) is 44.3 Å². The lowest BCUT2D eigenvalue weighted by atomic mass is 10.1. The number of nitrogens with one attached hydrogen (secondary N) is 1. The number of aromatic nitrogens is 2. The maximum absolute atomic E-state index is 4.10. The minimum absolute atomic E-state index is 0.796. The molecule has 1 aliphatic heterocycles. The molecule has 1 saturated carbocycles. The van der Waals surface area contributed by atoms with Gasteiger partial charge in [-0.05, 0) is 43.4 Å². The summed E-state index contributed by atoms with van der Waals surface area (Å²) in [5.74, 6) is 1.00. The Labute approximate surface area is 147 Å². The van der Waals surface area contributed by atoms with Crippen molar-refractivity contribution in [1.29, 1.82) is 0 Å². The van der Waals surface area contributed by atoms with Crippen molar-refractivity contribution in [2.45, 2.75) is 26.3 Å². The van der Waals surface area contributed by atoms with Crippen molar-refractivity contribution in [3.05, 3.63) is 34.8 Å². The number of rotatable bonds is 6. The average molecular weight is 344 g/mol. The summed E-state index contributed by atoms with van der Waals surface area (Å²) in [7, 11) is 0. The highest BCUT2D eigenvalue weighted by molar-refractivity contribution is 7.15. The minimum Gasteiger partial charge on any atom is -0.369 e. The second kappa shape index (κ2) is 7.07. The summed E-state index contributed by atoms with van der Waals surface area (Å²) < 4.78 is 0. The number of hydrogen-bond donors (Lipinski definition) is 1. The molecule has 1 aliphatic carbocycles. The Bertz CT molecular complexity index is 656. The molecule has 0 amide bonds. The molecule has 1 saturated heterocycles. The smallest absolute Gasteiger partial charge is 0.205 e. The summed E-state index contributed by atoms with van der Waals surface area (Å²) in [4.78, 5) is 5.14. The zero-order valence-corrected chi connectivity index (χ0v) is 15.1. The zero-order chi connectivity index (χ0) is 16.4. The fraction of sp³-hybridized carbons (Fsp3) is 0.556. The van der Waals surface area contributed by atoms with Gasteiger partial charge in [0.15, 0.2) is 0 Å². The van der Waals surface area contributed by atoms with E-state index in [0.29, 0.717) is 0 Å². The lowest BCUT2D eigenvalue weighted by molar-refractivity contribution is 0.248. The zero-order valence-electron chi connectivity index (χ0n) is 14.2. The van der Waals surface area contributed by atoms with Crippen LogP contribution in [0.1, 0.15) is 23.4 Å². The molecule has 0 radical (unpaired) electrons. The van der Waals surface area contributed by atoms with Crippen LogP contribution < -0.4 is 10.2 Å². The molecule has 128 valence electrons. The second-order valence-corrected chi connectivity index (χ2v) is 8.06. The Morgan fingerprint density at radius 2 is 1.83 bits per heavy atom. The van der Waals surface area contributed by atoms with Crippen LogP contribution in [-0.2, 0) is 6.54 Å². The first kappa shape index (κ1) is 15.8. The van der Waals surface area contributed by atoms with Gasteiger partial charge in [-0.2, -0.15) is 0 Å². The minimum atomic E-state index is 0.796. The van der Waals surface area contributed by atoms with Crippen molar-refractivity contribution in [2.75, 3.05) is 42.9 Å². The molecule has 6 heteroatoms. The first-order valence-corrected chi connectivity index (χ1v) is 9.68. The van der Waals surface area contributed by atoms with Crippen molar-refractivity contribution in [3.63, 3.8) is 0 Å². The van der Waals surface area contributed by atoms with Gasteiger partial charge >= 0.3 is 0 Å². The Morgan fingerprint density at radius 1 is 1.08 bits per heavy atom. The van der Waals surface area contributed by atoms with Crippen LogP contribution in [0.2, 0.25) is 0 Å². The van der Waals surface area contributed by atoms with E-state index in [9.17, 15) is 0 Å². The quantitative estimate of drug-likeness (QED) is 0.873. The molecule has 1 aromatic carbocycles. The van der Waals surface area contributed by atoms with E-state index in [1.54, 1.807) is 11.3 Å². The summed E-state index contributed by atoms with van der Waals surface area (Å²) >= 11 is 1.60. The highest BCUT2D eigenvalue weighted by Gasteiger charge is 2.26. The van der Waals surface area contributed by atoms with E-state index in [0.717, 1.165) is 35.7 Å². The monoisotopic (exact) mass is 343 g/mol. The highest BCUT2D eigenvalue weighted by atomic mass is 32.1. The molecule has 1 N–H and O–H groups in total. The van der Waals surface area contributed by atoms with Crippen LogP contribution in [0.3, 0.4) is 0 Å². The van der Waals surface area contributed by atoms with Crippen molar-refractivity contribution in [1.82, 2.24) is 15.1 Å². The highest BCUT2D eigenvalue weighted by Crippen LogP contribution is 2.30. The maximum atomic E-state index is 4.10. The summed E-state index contributed by atoms with van der Waals surface area (Å²) in [6.45, 7) is 8.80. The van der Waals surface area contributed by atoms with Gasteiger partial charge in [0.2, 0.25) is 5.13 Å². The van der Waals surface area contributed by atoms with Gasteiger partial charge in [-0.25, -0.2) is 0 Å². The van der Waals surface area contributed by atoms with Gasteiger partial charge in [0.1, 0.15) is 5.01 Å². The second-order valence-electron chi connectivity index (χ2n) is 6.88. The van der Waals surface area contributed by atoms with E-state index < -0.39 is 0 Å². The van der Waals surface area contributed by atoms with E-state index in [-0.39, 0.29) is 0 Å². The molecule has 2 fully saturated rings. The van der Waals surface area contributed by atoms with E-state index in [4.69, 9.17) is 0 Å². The van der Waals surface area contributed by atoms with Gasteiger partial charge in [0.25, 0.3) is 0 Å². The third-order valence-electron chi connectivity index (χ3n) is 4.86. The molecule has 4 rings (SSSR count). The van der Waals surface area contributed by atoms with Gasteiger partial charge < -0.3 is 10.2 Å². The van der Waals surface area contributed by atoms with Crippen LogP contribution >= 0.6 is 11.3 Å². The van der Waals surface area contributed by atoms with Crippen LogP contribution in [0.15, 0.2) is 24.3 Å². The molecule has 0 unspecified atom stereocenters. The Hall–Kier alpha value is -1.66. The summed E-state index contributed by atoms with van der Waals surface area (Å²) in [5, 5.41) is 13.3. The third kappa shape index (κ3) is 4.05. The van der Waals surface area contributed by atoms with Crippen LogP contribution in [0, 0.1) is 12.8 Å². The Morgan fingerprint density at radius 3 is 2.46 bits per heavy atom. The molecule has 1 aromatic heterocycles. The molecule has 0 atom stereocenters. The summed E-state index contributed by atoms with van der Waals surface area (Å²) in [6.07, 6.45) is 2.90. The van der Waals surface area contributed by atoms with Crippen molar-refractivity contribution in [3.8, 4) is 0 Å². The van der Waals surface area contributed by atoms with Gasteiger partial charge in [0, 0.05) is 45.0 Å². The molecule has 0 bridgehead atoms. The molecule has 24 heavy (non-hydrogen) atoms. The average Bonchev–Trinajstić information content (AvgIpc) is 3.33. The van der Waals surface area contributed by atoms with Gasteiger partial charge in [-0.1, -0.05) is 23.5 Å².